The van der Waals surface area contributed by atoms with Crippen molar-refractivity contribution < 1.29 is 4.74 Å². The van der Waals surface area contributed by atoms with Gasteiger partial charge in [-0.25, -0.2) is 0 Å². The third-order valence-electron chi connectivity index (χ3n) is 1.65. The molecule has 0 atom stereocenters. The molecule has 3 heteroatoms. The molecule has 2 nitrogen and oxygen atoms in total. The number of rotatable bonds is 3. The summed E-state index contributed by atoms with van der Waals surface area (Å²) in [6, 6.07) is 6.05. The molecule has 1 rings (SSSR count). The minimum absolute atomic E-state index is 0.635. The molecule has 0 aliphatic heterocycles. The van der Waals surface area contributed by atoms with Crippen LogP contribution >= 0.6 is 15.9 Å². The van der Waals surface area contributed by atoms with Gasteiger partial charge in [-0.3, -0.25) is 0 Å². The number of ether oxygens (including phenoxy) is 1. The number of nitrogens with one attached hydrogen (secondary N) is 1. The fourth-order valence-corrected chi connectivity index (χ4v) is 1.73. The Balaban J connectivity index is 3.00. The zero-order chi connectivity index (χ0) is 8.97. The molecule has 66 valence electrons. The van der Waals surface area contributed by atoms with Crippen molar-refractivity contribution >= 4 is 21.6 Å². The van der Waals surface area contributed by atoms with Gasteiger partial charge >= 0.3 is 0 Å². The van der Waals surface area contributed by atoms with E-state index in [0.29, 0.717) is 6.61 Å². The molecule has 0 spiro atoms. The van der Waals surface area contributed by atoms with Gasteiger partial charge in [0.2, 0.25) is 0 Å². The molecular formula is C9H12BrNO. The summed E-state index contributed by atoms with van der Waals surface area (Å²) in [5, 5.41) is 3.12. The molecule has 0 aromatic heterocycles. The van der Waals surface area contributed by atoms with Crippen molar-refractivity contribution in [2.45, 2.75) is 6.61 Å². The fourth-order valence-electron chi connectivity index (χ4n) is 1.12. The third kappa shape index (κ3) is 1.99. The summed E-state index contributed by atoms with van der Waals surface area (Å²) in [7, 11) is 3.60. The minimum atomic E-state index is 0.635. The molecule has 1 aromatic rings. The van der Waals surface area contributed by atoms with Crippen LogP contribution in [0.15, 0.2) is 22.7 Å². The van der Waals surface area contributed by atoms with E-state index in [9.17, 15) is 0 Å². The summed E-state index contributed by atoms with van der Waals surface area (Å²) in [6.07, 6.45) is 0. The maximum Gasteiger partial charge on any atom is 0.0733 e. The van der Waals surface area contributed by atoms with Gasteiger partial charge in [-0.15, -0.1) is 0 Å². The topological polar surface area (TPSA) is 21.3 Å². The lowest BCUT2D eigenvalue weighted by Gasteiger charge is -2.09. The first-order valence-corrected chi connectivity index (χ1v) is 4.53. The average molecular weight is 230 g/mol. The van der Waals surface area contributed by atoms with Gasteiger partial charge < -0.3 is 10.1 Å². The van der Waals surface area contributed by atoms with Gasteiger partial charge in [0.25, 0.3) is 0 Å². The third-order valence-corrected chi connectivity index (χ3v) is 2.31. The Kier molecular flexibility index (Phi) is 3.56. The minimum Gasteiger partial charge on any atom is -0.387 e. The smallest absolute Gasteiger partial charge is 0.0733 e. The molecule has 12 heavy (non-hydrogen) atoms. The largest absolute Gasteiger partial charge is 0.387 e. The van der Waals surface area contributed by atoms with Crippen LogP contribution in [-0.2, 0) is 11.3 Å². The Hall–Kier alpha value is -0.540. The van der Waals surface area contributed by atoms with Crippen LogP contribution < -0.4 is 5.32 Å². The van der Waals surface area contributed by atoms with Gasteiger partial charge in [0, 0.05) is 24.2 Å². The molecule has 1 aromatic carbocycles. The van der Waals surface area contributed by atoms with Crippen LogP contribution in [0.3, 0.4) is 0 Å². The van der Waals surface area contributed by atoms with Gasteiger partial charge in [0.15, 0.2) is 0 Å². The molecule has 0 saturated carbocycles. The van der Waals surface area contributed by atoms with Crippen LogP contribution in [0.2, 0.25) is 0 Å². The molecule has 0 aliphatic rings. The quantitative estimate of drug-likeness (QED) is 0.861. The number of halogens is 1. The average Bonchev–Trinajstić information content (AvgIpc) is 2.05. The van der Waals surface area contributed by atoms with E-state index < -0.39 is 0 Å². The fraction of sp³-hybridized carbons (Fsp3) is 0.333. The van der Waals surface area contributed by atoms with E-state index in [1.807, 2.05) is 25.2 Å². The number of para-hydroxylation sites is 1. The molecule has 1 N–H and O–H groups in total. The molecule has 0 amide bonds. The Morgan fingerprint density at radius 3 is 2.83 bits per heavy atom. The van der Waals surface area contributed by atoms with Gasteiger partial charge in [-0.05, 0) is 22.0 Å². The highest BCUT2D eigenvalue weighted by Crippen LogP contribution is 2.26. The van der Waals surface area contributed by atoms with Crippen LogP contribution in [0.5, 0.6) is 0 Å². The van der Waals surface area contributed by atoms with E-state index in [0.717, 1.165) is 15.7 Å². The van der Waals surface area contributed by atoms with Gasteiger partial charge in [-0.2, -0.15) is 0 Å². The highest BCUT2D eigenvalue weighted by Gasteiger charge is 2.02. The number of methoxy groups -OCH3 is 1. The van der Waals surface area contributed by atoms with Crippen molar-refractivity contribution in [3.05, 3.63) is 28.2 Å². The molecule has 0 radical (unpaired) electrons. The zero-order valence-electron chi connectivity index (χ0n) is 7.23. The summed E-state index contributed by atoms with van der Waals surface area (Å²) >= 11 is 3.46. The van der Waals surface area contributed by atoms with Crippen LogP contribution in [0.25, 0.3) is 0 Å². The van der Waals surface area contributed by atoms with Crippen LogP contribution in [0, 0.1) is 0 Å². The van der Waals surface area contributed by atoms with Crippen molar-refractivity contribution in [3.63, 3.8) is 0 Å². The van der Waals surface area contributed by atoms with Gasteiger partial charge in [0.05, 0.1) is 12.3 Å². The van der Waals surface area contributed by atoms with Crippen LogP contribution in [0.4, 0.5) is 5.69 Å². The summed E-state index contributed by atoms with van der Waals surface area (Å²) in [6.45, 7) is 0.635. The summed E-state index contributed by atoms with van der Waals surface area (Å²) < 4.78 is 6.13. The Morgan fingerprint density at radius 1 is 1.50 bits per heavy atom. The van der Waals surface area contributed by atoms with Crippen molar-refractivity contribution in [1.82, 2.24) is 0 Å². The maximum absolute atomic E-state index is 5.06. The summed E-state index contributed by atoms with van der Waals surface area (Å²) in [4.78, 5) is 0. The normalized spacial score (nSPS) is 9.92. The van der Waals surface area contributed by atoms with Gasteiger partial charge in [0.1, 0.15) is 0 Å². The number of anilines is 1. The van der Waals surface area contributed by atoms with Crippen molar-refractivity contribution in [2.75, 3.05) is 19.5 Å². The lowest BCUT2D eigenvalue weighted by molar-refractivity contribution is 0.185. The predicted octanol–water partition coefficient (Wildman–Crippen LogP) is 2.64. The first-order chi connectivity index (χ1) is 5.79. The van der Waals surface area contributed by atoms with E-state index in [2.05, 4.69) is 21.2 Å². The highest BCUT2D eigenvalue weighted by molar-refractivity contribution is 9.10. The van der Waals surface area contributed by atoms with E-state index in [1.165, 1.54) is 0 Å². The second-order valence-electron chi connectivity index (χ2n) is 2.46. The van der Waals surface area contributed by atoms with Gasteiger partial charge in [-0.1, -0.05) is 12.1 Å². The molecule has 0 aliphatic carbocycles. The Bertz CT molecular complexity index is 263. The second kappa shape index (κ2) is 4.48. The number of hydrogen-bond donors (Lipinski definition) is 1. The van der Waals surface area contributed by atoms with E-state index in [4.69, 9.17) is 4.74 Å². The van der Waals surface area contributed by atoms with Crippen LogP contribution in [-0.4, -0.2) is 14.2 Å². The standard InChI is InChI=1S/C9H12BrNO/c1-11-9-7(6-12-2)4-3-5-8(9)10/h3-5,11H,6H2,1-2H3. The summed E-state index contributed by atoms with van der Waals surface area (Å²) in [5.41, 5.74) is 2.26. The molecule has 0 fully saturated rings. The summed E-state index contributed by atoms with van der Waals surface area (Å²) in [5.74, 6) is 0. The van der Waals surface area contributed by atoms with E-state index in [-0.39, 0.29) is 0 Å². The molecule has 0 bridgehead atoms. The SMILES string of the molecule is CNc1c(Br)cccc1COC. The Morgan fingerprint density at radius 2 is 2.25 bits per heavy atom. The van der Waals surface area contributed by atoms with Crippen molar-refractivity contribution in [2.24, 2.45) is 0 Å². The Labute approximate surface area is 81.1 Å². The van der Waals surface area contributed by atoms with E-state index >= 15 is 0 Å². The highest BCUT2D eigenvalue weighted by atomic mass is 79.9. The predicted molar refractivity (Wildman–Crippen MR) is 54.4 cm³/mol. The van der Waals surface area contributed by atoms with Crippen molar-refractivity contribution in [3.8, 4) is 0 Å². The zero-order valence-corrected chi connectivity index (χ0v) is 8.81. The first-order valence-electron chi connectivity index (χ1n) is 3.73. The first kappa shape index (κ1) is 9.55. The molecule has 0 unspecified atom stereocenters. The maximum atomic E-state index is 5.06. The lowest BCUT2D eigenvalue weighted by atomic mass is 10.2. The number of hydrogen-bond acceptors (Lipinski definition) is 2. The lowest BCUT2D eigenvalue weighted by Crippen LogP contribution is -1.97. The van der Waals surface area contributed by atoms with Crippen molar-refractivity contribution in [1.29, 1.82) is 0 Å². The van der Waals surface area contributed by atoms with Crippen LogP contribution in [0.1, 0.15) is 5.56 Å². The second-order valence-corrected chi connectivity index (χ2v) is 3.31. The number of benzene rings is 1. The van der Waals surface area contributed by atoms with E-state index in [1.54, 1.807) is 7.11 Å². The molecular weight excluding hydrogens is 218 g/mol. The molecule has 0 heterocycles. The monoisotopic (exact) mass is 229 g/mol. The molecule has 0 saturated heterocycles.